The van der Waals surface area contributed by atoms with E-state index in [9.17, 15) is 0 Å². The molecule has 1 atom stereocenters. The van der Waals surface area contributed by atoms with Crippen LogP contribution in [0, 0.1) is 0 Å². The maximum Gasteiger partial charge on any atom is 0.121 e. The van der Waals surface area contributed by atoms with Crippen molar-refractivity contribution in [2.75, 3.05) is 13.1 Å². The van der Waals surface area contributed by atoms with Gasteiger partial charge < -0.3 is 14.6 Å². The summed E-state index contributed by atoms with van der Waals surface area (Å²) in [4.78, 5) is 0. The van der Waals surface area contributed by atoms with Gasteiger partial charge >= 0.3 is 0 Å². The van der Waals surface area contributed by atoms with Gasteiger partial charge in [-0.15, -0.1) is 0 Å². The first-order valence-electron chi connectivity index (χ1n) is 5.75. The number of hydrogen-bond donors (Lipinski definition) is 1. The van der Waals surface area contributed by atoms with E-state index in [4.69, 9.17) is 4.74 Å². The van der Waals surface area contributed by atoms with Gasteiger partial charge in [0.15, 0.2) is 0 Å². The highest BCUT2D eigenvalue weighted by Gasteiger charge is 2.15. The zero-order chi connectivity index (χ0) is 11.0. The summed E-state index contributed by atoms with van der Waals surface area (Å²) in [6.45, 7) is 2.03. The van der Waals surface area contributed by atoms with Crippen LogP contribution in [0.4, 0.5) is 0 Å². The highest BCUT2D eigenvalue weighted by atomic mass is 16.5. The molecule has 1 N–H and O–H groups in total. The van der Waals surface area contributed by atoms with Gasteiger partial charge in [-0.2, -0.15) is 0 Å². The molecule has 0 aliphatic carbocycles. The van der Waals surface area contributed by atoms with Crippen LogP contribution in [-0.2, 0) is 7.05 Å². The van der Waals surface area contributed by atoms with Crippen LogP contribution in [0.25, 0.3) is 10.9 Å². The van der Waals surface area contributed by atoms with E-state index in [-0.39, 0.29) is 0 Å². The Morgan fingerprint density at radius 2 is 2.31 bits per heavy atom. The number of ether oxygens (including phenoxy) is 1. The van der Waals surface area contributed by atoms with E-state index >= 15 is 0 Å². The maximum atomic E-state index is 5.93. The van der Waals surface area contributed by atoms with E-state index in [2.05, 4.69) is 47.4 Å². The van der Waals surface area contributed by atoms with Crippen LogP contribution in [0.5, 0.6) is 5.75 Å². The lowest BCUT2D eigenvalue weighted by atomic mass is 10.2. The van der Waals surface area contributed by atoms with Crippen LogP contribution in [0.2, 0.25) is 0 Å². The lowest BCUT2D eigenvalue weighted by Gasteiger charge is -2.12. The van der Waals surface area contributed by atoms with E-state index in [1.165, 1.54) is 10.9 Å². The van der Waals surface area contributed by atoms with Crippen LogP contribution in [0.3, 0.4) is 0 Å². The van der Waals surface area contributed by atoms with E-state index in [0.29, 0.717) is 6.10 Å². The Balaban J connectivity index is 1.88. The Morgan fingerprint density at radius 3 is 3.12 bits per heavy atom. The highest BCUT2D eigenvalue weighted by molar-refractivity contribution is 5.81. The number of aromatic nitrogens is 1. The van der Waals surface area contributed by atoms with Gasteiger partial charge in [0.05, 0.1) is 5.52 Å². The summed E-state index contributed by atoms with van der Waals surface area (Å²) in [6.07, 6.45) is 3.51. The van der Waals surface area contributed by atoms with E-state index in [1.54, 1.807) is 0 Å². The standard InChI is InChI=1S/C13H16N2O/c1-15-7-5-10-2-3-11(8-13(10)15)16-12-4-6-14-9-12/h2-3,5,7-8,12,14H,4,6,9H2,1H3. The van der Waals surface area contributed by atoms with Gasteiger partial charge in [0.25, 0.3) is 0 Å². The molecule has 1 aromatic carbocycles. The Kier molecular flexibility index (Phi) is 2.33. The fraction of sp³-hybridized carbons (Fsp3) is 0.385. The number of rotatable bonds is 2. The summed E-state index contributed by atoms with van der Waals surface area (Å²) >= 11 is 0. The van der Waals surface area contributed by atoms with Crippen molar-refractivity contribution < 1.29 is 4.74 Å². The minimum Gasteiger partial charge on any atom is -0.489 e. The number of nitrogens with zero attached hydrogens (tertiary/aromatic N) is 1. The van der Waals surface area contributed by atoms with Crippen molar-refractivity contribution in [1.29, 1.82) is 0 Å². The molecule has 1 aliphatic heterocycles. The maximum absolute atomic E-state index is 5.93. The quantitative estimate of drug-likeness (QED) is 0.830. The largest absolute Gasteiger partial charge is 0.489 e. The van der Waals surface area contributed by atoms with Gasteiger partial charge in [0.1, 0.15) is 11.9 Å². The summed E-state index contributed by atoms with van der Waals surface area (Å²) in [5.74, 6) is 0.975. The third kappa shape index (κ3) is 1.67. The topological polar surface area (TPSA) is 26.2 Å². The first-order chi connectivity index (χ1) is 7.83. The fourth-order valence-corrected chi connectivity index (χ4v) is 2.24. The molecule has 2 aromatic rings. The van der Waals surface area contributed by atoms with E-state index in [1.807, 2.05) is 0 Å². The van der Waals surface area contributed by atoms with E-state index < -0.39 is 0 Å². The molecule has 0 saturated carbocycles. The lowest BCUT2D eigenvalue weighted by molar-refractivity contribution is 0.223. The number of hydrogen-bond acceptors (Lipinski definition) is 2. The van der Waals surface area contributed by atoms with Gasteiger partial charge in [-0.3, -0.25) is 0 Å². The van der Waals surface area contributed by atoms with Crippen molar-refractivity contribution in [3.63, 3.8) is 0 Å². The smallest absolute Gasteiger partial charge is 0.121 e. The van der Waals surface area contributed by atoms with Gasteiger partial charge in [0.2, 0.25) is 0 Å². The summed E-state index contributed by atoms with van der Waals surface area (Å²) in [5, 5.41) is 4.57. The first kappa shape index (κ1) is 9.73. The van der Waals surface area contributed by atoms with Crippen LogP contribution < -0.4 is 10.1 Å². The van der Waals surface area contributed by atoms with Crippen molar-refractivity contribution in [2.45, 2.75) is 12.5 Å². The lowest BCUT2D eigenvalue weighted by Crippen LogP contribution is -2.19. The van der Waals surface area contributed by atoms with Crippen molar-refractivity contribution in [2.24, 2.45) is 7.05 Å². The number of benzene rings is 1. The molecule has 0 spiro atoms. The Hall–Kier alpha value is -1.48. The molecule has 0 bridgehead atoms. The van der Waals surface area contributed by atoms with Crippen LogP contribution >= 0.6 is 0 Å². The highest BCUT2D eigenvalue weighted by Crippen LogP contribution is 2.22. The monoisotopic (exact) mass is 216 g/mol. The number of aryl methyl sites for hydroxylation is 1. The zero-order valence-corrected chi connectivity index (χ0v) is 9.44. The van der Waals surface area contributed by atoms with Gasteiger partial charge in [0, 0.05) is 25.9 Å². The van der Waals surface area contributed by atoms with Crippen LogP contribution in [0.1, 0.15) is 6.42 Å². The molecule has 1 unspecified atom stereocenters. The molecule has 1 saturated heterocycles. The SMILES string of the molecule is Cn1ccc2ccc(OC3CCNC3)cc21. The molecule has 0 radical (unpaired) electrons. The first-order valence-corrected chi connectivity index (χ1v) is 5.75. The normalized spacial score (nSPS) is 20.4. The predicted octanol–water partition coefficient (Wildman–Crippen LogP) is 1.92. The third-order valence-corrected chi connectivity index (χ3v) is 3.18. The summed E-state index contributed by atoms with van der Waals surface area (Å²) in [7, 11) is 2.06. The molecule has 3 heteroatoms. The second-order valence-corrected chi connectivity index (χ2v) is 4.38. The van der Waals surface area contributed by atoms with Crippen molar-refractivity contribution >= 4 is 10.9 Å². The van der Waals surface area contributed by atoms with Gasteiger partial charge in [-0.05, 0) is 36.6 Å². The molecule has 0 amide bonds. The molecule has 3 rings (SSSR count). The Bertz CT molecular complexity index is 498. The molecule has 1 aliphatic rings. The van der Waals surface area contributed by atoms with Gasteiger partial charge in [-0.25, -0.2) is 0 Å². The molecule has 1 aromatic heterocycles. The molecule has 3 nitrogen and oxygen atoms in total. The second-order valence-electron chi connectivity index (χ2n) is 4.38. The molecule has 16 heavy (non-hydrogen) atoms. The Morgan fingerprint density at radius 1 is 1.38 bits per heavy atom. The molecular formula is C13H16N2O. The fourth-order valence-electron chi connectivity index (χ4n) is 2.24. The molecular weight excluding hydrogens is 200 g/mol. The molecule has 84 valence electrons. The van der Waals surface area contributed by atoms with Gasteiger partial charge in [-0.1, -0.05) is 0 Å². The number of fused-ring (bicyclic) bond motifs is 1. The minimum atomic E-state index is 0.331. The Labute approximate surface area is 95.0 Å². The molecule has 2 heterocycles. The zero-order valence-electron chi connectivity index (χ0n) is 9.44. The summed E-state index contributed by atoms with van der Waals surface area (Å²) in [6, 6.07) is 8.41. The van der Waals surface area contributed by atoms with Crippen molar-refractivity contribution in [3.8, 4) is 5.75 Å². The average molecular weight is 216 g/mol. The third-order valence-electron chi connectivity index (χ3n) is 3.18. The minimum absolute atomic E-state index is 0.331. The predicted molar refractivity (Wildman–Crippen MR) is 64.8 cm³/mol. The van der Waals surface area contributed by atoms with E-state index in [0.717, 1.165) is 25.3 Å². The average Bonchev–Trinajstić information content (AvgIpc) is 2.90. The number of nitrogens with one attached hydrogen (secondary N) is 1. The van der Waals surface area contributed by atoms with Crippen LogP contribution in [-0.4, -0.2) is 23.8 Å². The second kappa shape index (κ2) is 3.83. The summed E-state index contributed by atoms with van der Waals surface area (Å²) < 4.78 is 8.05. The van der Waals surface area contributed by atoms with Crippen molar-refractivity contribution in [3.05, 3.63) is 30.5 Å². The summed E-state index contributed by atoms with van der Waals surface area (Å²) in [5.41, 5.74) is 1.23. The van der Waals surface area contributed by atoms with Crippen LogP contribution in [0.15, 0.2) is 30.5 Å². The molecule has 1 fully saturated rings. The van der Waals surface area contributed by atoms with Crippen molar-refractivity contribution in [1.82, 2.24) is 9.88 Å².